The summed E-state index contributed by atoms with van der Waals surface area (Å²) in [5, 5.41) is 16.7. The van der Waals surface area contributed by atoms with Gasteiger partial charge in [-0.05, 0) is 29.8 Å². The third-order valence-electron chi connectivity index (χ3n) is 3.66. The number of halogens is 1. The van der Waals surface area contributed by atoms with E-state index in [1.165, 1.54) is 7.11 Å². The fourth-order valence-corrected chi connectivity index (χ4v) is 3.03. The number of nitrogens with zero attached hydrogens (tertiary/aromatic N) is 2. The monoisotopic (exact) mass is 373 g/mol. The summed E-state index contributed by atoms with van der Waals surface area (Å²) in [6.45, 7) is 0. The van der Waals surface area contributed by atoms with Crippen LogP contribution < -0.4 is 4.74 Å². The average Bonchev–Trinajstić information content (AvgIpc) is 3.06. The first-order valence-electron chi connectivity index (χ1n) is 7.08. The molecule has 0 aliphatic carbocycles. The fourth-order valence-electron chi connectivity index (χ4n) is 2.47. The highest BCUT2D eigenvalue weighted by Gasteiger charge is 2.18. The van der Waals surface area contributed by atoms with Gasteiger partial charge in [0, 0.05) is 11.1 Å². The summed E-state index contributed by atoms with van der Waals surface area (Å²) in [5.74, 6) is 0.487. The maximum absolute atomic E-state index is 11.1. The Hall–Kier alpha value is -2.66. The summed E-state index contributed by atoms with van der Waals surface area (Å²) in [4.78, 5) is 0.290. The number of aromatic nitrogens is 2. The van der Waals surface area contributed by atoms with E-state index in [-0.39, 0.29) is 5.69 Å². The summed E-state index contributed by atoms with van der Waals surface area (Å²) >= 11 is 4.02. The molecular weight excluding hydrogens is 362 g/mol. The SMILES string of the molecule is COc1cc(-c2c(C#N)n[nH]c2-c2ccc(S(=O)O)cc2)ccc1Cl. The van der Waals surface area contributed by atoms with Crippen LogP contribution in [0, 0.1) is 11.3 Å². The summed E-state index contributed by atoms with van der Waals surface area (Å²) < 4.78 is 25.5. The van der Waals surface area contributed by atoms with Crippen LogP contribution in [-0.2, 0) is 11.1 Å². The predicted octanol–water partition coefficient (Wildman–Crippen LogP) is 3.86. The summed E-state index contributed by atoms with van der Waals surface area (Å²) in [7, 11) is 1.51. The van der Waals surface area contributed by atoms with E-state index < -0.39 is 11.1 Å². The van der Waals surface area contributed by atoms with Gasteiger partial charge in [-0.25, -0.2) is 4.21 Å². The van der Waals surface area contributed by atoms with Crippen molar-refractivity contribution in [2.45, 2.75) is 4.90 Å². The van der Waals surface area contributed by atoms with Crippen molar-refractivity contribution in [1.29, 1.82) is 5.26 Å². The topological polar surface area (TPSA) is 99.0 Å². The number of aromatic amines is 1. The van der Waals surface area contributed by atoms with E-state index in [0.29, 0.717) is 26.9 Å². The first-order valence-corrected chi connectivity index (χ1v) is 8.57. The maximum Gasteiger partial charge on any atom is 0.186 e. The Morgan fingerprint density at radius 1 is 1.24 bits per heavy atom. The van der Waals surface area contributed by atoms with E-state index in [1.54, 1.807) is 42.5 Å². The van der Waals surface area contributed by atoms with Gasteiger partial charge >= 0.3 is 0 Å². The van der Waals surface area contributed by atoms with Gasteiger partial charge in [-0.2, -0.15) is 10.4 Å². The second-order valence-electron chi connectivity index (χ2n) is 5.06. The zero-order chi connectivity index (χ0) is 18.0. The third kappa shape index (κ3) is 3.28. The van der Waals surface area contributed by atoms with Gasteiger partial charge in [0.2, 0.25) is 0 Å². The molecule has 1 heterocycles. The average molecular weight is 374 g/mol. The van der Waals surface area contributed by atoms with Crippen LogP contribution in [0.5, 0.6) is 5.75 Å². The summed E-state index contributed by atoms with van der Waals surface area (Å²) in [6.07, 6.45) is 0. The molecule has 8 heteroatoms. The zero-order valence-electron chi connectivity index (χ0n) is 13.0. The van der Waals surface area contributed by atoms with Crippen molar-refractivity contribution in [3.63, 3.8) is 0 Å². The molecule has 0 radical (unpaired) electrons. The van der Waals surface area contributed by atoms with Gasteiger partial charge in [0.15, 0.2) is 16.8 Å². The number of hydrogen-bond donors (Lipinski definition) is 2. The molecule has 0 amide bonds. The lowest BCUT2D eigenvalue weighted by Gasteiger charge is -2.08. The maximum atomic E-state index is 11.1. The minimum Gasteiger partial charge on any atom is -0.495 e. The number of nitriles is 1. The lowest BCUT2D eigenvalue weighted by atomic mass is 9.99. The van der Waals surface area contributed by atoms with Gasteiger partial charge < -0.3 is 9.29 Å². The van der Waals surface area contributed by atoms with Crippen molar-refractivity contribution in [3.8, 4) is 34.2 Å². The Bertz CT molecular complexity index is 993. The van der Waals surface area contributed by atoms with Crippen molar-refractivity contribution in [1.82, 2.24) is 10.2 Å². The second-order valence-corrected chi connectivity index (χ2v) is 6.43. The molecule has 2 N–H and O–H groups in total. The molecule has 0 saturated carbocycles. The largest absolute Gasteiger partial charge is 0.495 e. The highest BCUT2D eigenvalue weighted by atomic mass is 35.5. The van der Waals surface area contributed by atoms with Gasteiger partial charge in [-0.3, -0.25) is 5.10 Å². The molecule has 0 saturated heterocycles. The molecule has 0 aliphatic rings. The molecule has 25 heavy (non-hydrogen) atoms. The molecule has 1 aromatic heterocycles. The minimum atomic E-state index is -2.05. The second kappa shape index (κ2) is 7.07. The number of benzene rings is 2. The van der Waals surface area contributed by atoms with Crippen LogP contribution in [0.4, 0.5) is 0 Å². The van der Waals surface area contributed by atoms with Crippen LogP contribution in [0.2, 0.25) is 5.02 Å². The van der Waals surface area contributed by atoms with Gasteiger partial charge in [0.25, 0.3) is 0 Å². The summed E-state index contributed by atoms with van der Waals surface area (Å²) in [6, 6.07) is 13.7. The third-order valence-corrected chi connectivity index (χ3v) is 4.64. The molecule has 2 aromatic carbocycles. The smallest absolute Gasteiger partial charge is 0.186 e. The van der Waals surface area contributed by atoms with Crippen molar-refractivity contribution >= 4 is 22.7 Å². The first kappa shape index (κ1) is 17.2. The van der Waals surface area contributed by atoms with Gasteiger partial charge in [0.1, 0.15) is 11.8 Å². The Morgan fingerprint density at radius 2 is 1.92 bits per heavy atom. The highest BCUT2D eigenvalue weighted by molar-refractivity contribution is 7.79. The molecule has 0 aliphatic heterocycles. The Labute approximate surface area is 151 Å². The standard InChI is InChI=1S/C17H12ClN3O3S/c1-24-15-8-11(4-7-13(15)18)16-14(9-19)20-21-17(16)10-2-5-12(6-3-10)25(22)23/h2-8H,1H3,(H,20,21)(H,22,23). The summed E-state index contributed by atoms with van der Waals surface area (Å²) in [5.41, 5.74) is 2.91. The van der Waals surface area contributed by atoms with Gasteiger partial charge in [-0.1, -0.05) is 29.8 Å². The van der Waals surface area contributed by atoms with Crippen LogP contribution in [0.3, 0.4) is 0 Å². The van der Waals surface area contributed by atoms with Crippen LogP contribution in [0.1, 0.15) is 5.69 Å². The lowest BCUT2D eigenvalue weighted by Crippen LogP contribution is -1.90. The first-order chi connectivity index (χ1) is 12.0. The number of nitrogens with one attached hydrogen (secondary N) is 1. The van der Waals surface area contributed by atoms with Gasteiger partial charge in [-0.15, -0.1) is 0 Å². The van der Waals surface area contributed by atoms with Crippen molar-refractivity contribution < 1.29 is 13.5 Å². The molecule has 1 atom stereocenters. The molecule has 126 valence electrons. The van der Waals surface area contributed by atoms with E-state index in [0.717, 1.165) is 11.1 Å². The van der Waals surface area contributed by atoms with Crippen molar-refractivity contribution in [2.24, 2.45) is 0 Å². The normalized spacial score (nSPS) is 11.8. The lowest BCUT2D eigenvalue weighted by molar-refractivity contribution is 0.415. The highest BCUT2D eigenvalue weighted by Crippen LogP contribution is 2.37. The van der Waals surface area contributed by atoms with E-state index >= 15 is 0 Å². The molecular formula is C17H12ClN3O3S. The quantitative estimate of drug-likeness (QED) is 0.676. The van der Waals surface area contributed by atoms with Crippen molar-refractivity contribution in [2.75, 3.05) is 7.11 Å². The number of methoxy groups -OCH3 is 1. The number of rotatable bonds is 4. The van der Waals surface area contributed by atoms with Crippen molar-refractivity contribution in [3.05, 3.63) is 53.2 Å². The molecule has 3 aromatic rings. The Kier molecular flexibility index (Phi) is 4.86. The van der Waals surface area contributed by atoms with E-state index in [2.05, 4.69) is 16.3 Å². The van der Waals surface area contributed by atoms with Gasteiger partial charge in [0.05, 0.1) is 22.7 Å². The van der Waals surface area contributed by atoms with E-state index in [4.69, 9.17) is 20.9 Å². The Balaban J connectivity index is 2.16. The van der Waals surface area contributed by atoms with Crippen LogP contribution in [0.25, 0.3) is 22.4 Å². The molecule has 0 spiro atoms. The fraction of sp³-hybridized carbons (Fsp3) is 0.0588. The Morgan fingerprint density at radius 3 is 2.52 bits per heavy atom. The van der Waals surface area contributed by atoms with E-state index in [9.17, 15) is 9.47 Å². The predicted molar refractivity (Wildman–Crippen MR) is 94.8 cm³/mol. The zero-order valence-corrected chi connectivity index (χ0v) is 14.6. The van der Waals surface area contributed by atoms with E-state index in [1.807, 2.05) is 0 Å². The van der Waals surface area contributed by atoms with Crippen LogP contribution >= 0.6 is 11.6 Å². The molecule has 1 unspecified atom stereocenters. The molecule has 6 nitrogen and oxygen atoms in total. The molecule has 3 rings (SSSR count). The number of H-pyrrole nitrogens is 1. The van der Waals surface area contributed by atoms with Crippen LogP contribution in [-0.4, -0.2) is 26.1 Å². The number of ether oxygens (including phenoxy) is 1. The molecule has 0 bridgehead atoms. The van der Waals surface area contributed by atoms with Crippen LogP contribution in [0.15, 0.2) is 47.4 Å². The molecule has 0 fully saturated rings. The number of hydrogen-bond acceptors (Lipinski definition) is 4. The minimum absolute atomic E-state index is 0.231.